The molecule has 0 saturated heterocycles. The second-order valence-corrected chi connectivity index (χ2v) is 4.74. The third-order valence-electron chi connectivity index (χ3n) is 3.25. The summed E-state index contributed by atoms with van der Waals surface area (Å²) in [5.74, 6) is 0.846. The van der Waals surface area contributed by atoms with Crippen molar-refractivity contribution in [1.82, 2.24) is 15.0 Å². The number of methoxy groups -OCH3 is 1. The number of rotatable bonds is 4. The molecule has 5 nitrogen and oxygen atoms in total. The van der Waals surface area contributed by atoms with Gasteiger partial charge in [0.25, 0.3) is 0 Å². The van der Waals surface area contributed by atoms with Crippen LogP contribution >= 0.6 is 0 Å². The van der Waals surface area contributed by atoms with E-state index in [9.17, 15) is 0 Å². The largest absolute Gasteiger partial charge is 0.496 e. The van der Waals surface area contributed by atoms with E-state index in [0.29, 0.717) is 12.2 Å². The molecule has 1 heterocycles. The maximum absolute atomic E-state index is 5.79. The van der Waals surface area contributed by atoms with E-state index in [2.05, 4.69) is 10.3 Å². The van der Waals surface area contributed by atoms with Crippen molar-refractivity contribution in [3.63, 3.8) is 0 Å². The average molecular weight is 280 g/mol. The van der Waals surface area contributed by atoms with Gasteiger partial charge in [-0.2, -0.15) is 0 Å². The van der Waals surface area contributed by atoms with Crippen LogP contribution in [-0.2, 0) is 6.54 Å². The highest BCUT2D eigenvalue weighted by Gasteiger charge is 2.07. The van der Waals surface area contributed by atoms with Gasteiger partial charge in [-0.05, 0) is 18.2 Å². The second-order valence-electron chi connectivity index (χ2n) is 4.74. The molecular formula is C16H16N4O. The third-order valence-corrected chi connectivity index (χ3v) is 3.25. The predicted octanol–water partition coefficient (Wildman–Crippen LogP) is 2.58. The Morgan fingerprint density at radius 1 is 1.14 bits per heavy atom. The number of hydrogen-bond acceptors (Lipinski definition) is 4. The van der Waals surface area contributed by atoms with Crippen LogP contribution in [0.3, 0.4) is 0 Å². The molecule has 0 aliphatic heterocycles. The van der Waals surface area contributed by atoms with Crippen LogP contribution in [-0.4, -0.2) is 22.1 Å². The van der Waals surface area contributed by atoms with Gasteiger partial charge in [-0.1, -0.05) is 35.5 Å². The predicted molar refractivity (Wildman–Crippen MR) is 82.0 cm³/mol. The van der Waals surface area contributed by atoms with E-state index in [1.54, 1.807) is 11.8 Å². The summed E-state index contributed by atoms with van der Waals surface area (Å²) in [6.45, 7) is 0.610. The molecule has 3 rings (SSSR count). The van der Waals surface area contributed by atoms with Crippen LogP contribution in [0.2, 0.25) is 0 Å². The molecule has 0 atom stereocenters. The highest BCUT2D eigenvalue weighted by Crippen LogP contribution is 2.21. The summed E-state index contributed by atoms with van der Waals surface area (Å²) >= 11 is 0. The van der Waals surface area contributed by atoms with Gasteiger partial charge >= 0.3 is 0 Å². The second kappa shape index (κ2) is 5.66. The van der Waals surface area contributed by atoms with E-state index in [1.807, 2.05) is 54.7 Å². The minimum absolute atomic E-state index is 0.610. The van der Waals surface area contributed by atoms with Gasteiger partial charge in [0.1, 0.15) is 11.4 Å². The normalized spacial score (nSPS) is 10.5. The summed E-state index contributed by atoms with van der Waals surface area (Å²) in [5, 5.41) is 8.36. The smallest absolute Gasteiger partial charge is 0.123 e. The highest BCUT2D eigenvalue weighted by molar-refractivity contribution is 5.62. The SMILES string of the molecule is COc1ccccc1Cn1cc(-c2cccc(N)c2)nn1. The first-order chi connectivity index (χ1) is 10.3. The van der Waals surface area contributed by atoms with Gasteiger partial charge in [-0.3, -0.25) is 0 Å². The van der Waals surface area contributed by atoms with Gasteiger partial charge in [0.2, 0.25) is 0 Å². The maximum Gasteiger partial charge on any atom is 0.123 e. The van der Waals surface area contributed by atoms with Crippen molar-refractivity contribution in [2.45, 2.75) is 6.54 Å². The van der Waals surface area contributed by atoms with Crippen LogP contribution in [0, 0.1) is 0 Å². The van der Waals surface area contributed by atoms with Crippen molar-refractivity contribution in [2.75, 3.05) is 12.8 Å². The zero-order chi connectivity index (χ0) is 14.7. The van der Waals surface area contributed by atoms with Gasteiger partial charge < -0.3 is 10.5 Å². The number of benzene rings is 2. The summed E-state index contributed by atoms with van der Waals surface area (Å²) in [5.41, 5.74) is 9.33. The lowest BCUT2D eigenvalue weighted by molar-refractivity contribution is 0.407. The molecule has 0 aliphatic carbocycles. The van der Waals surface area contributed by atoms with E-state index >= 15 is 0 Å². The van der Waals surface area contributed by atoms with Crippen LogP contribution < -0.4 is 10.5 Å². The topological polar surface area (TPSA) is 66.0 Å². The molecule has 2 N–H and O–H groups in total. The Bertz CT molecular complexity index is 751. The van der Waals surface area contributed by atoms with Crippen LogP contribution in [0.4, 0.5) is 5.69 Å². The minimum Gasteiger partial charge on any atom is -0.496 e. The number of aromatic nitrogens is 3. The first-order valence-corrected chi connectivity index (χ1v) is 6.64. The lowest BCUT2D eigenvalue weighted by atomic mass is 10.1. The molecule has 0 radical (unpaired) electrons. The van der Waals surface area contributed by atoms with E-state index < -0.39 is 0 Å². The van der Waals surface area contributed by atoms with Crippen molar-refractivity contribution in [2.24, 2.45) is 0 Å². The van der Waals surface area contributed by atoms with E-state index in [4.69, 9.17) is 10.5 Å². The van der Waals surface area contributed by atoms with Gasteiger partial charge in [0.15, 0.2) is 0 Å². The monoisotopic (exact) mass is 280 g/mol. The van der Waals surface area contributed by atoms with E-state index in [1.165, 1.54) is 0 Å². The number of nitrogen functional groups attached to an aromatic ring is 1. The molecule has 0 saturated carbocycles. The first kappa shape index (κ1) is 13.2. The van der Waals surface area contributed by atoms with Crippen molar-refractivity contribution in [3.05, 3.63) is 60.3 Å². The Kier molecular flexibility index (Phi) is 3.55. The Labute approximate surface area is 123 Å². The maximum atomic E-state index is 5.79. The molecule has 3 aromatic rings. The zero-order valence-corrected chi connectivity index (χ0v) is 11.7. The summed E-state index contributed by atoms with van der Waals surface area (Å²) < 4.78 is 7.13. The summed E-state index contributed by atoms with van der Waals surface area (Å²) in [6, 6.07) is 15.5. The van der Waals surface area contributed by atoms with Crippen molar-refractivity contribution >= 4 is 5.69 Å². The minimum atomic E-state index is 0.610. The van der Waals surface area contributed by atoms with Gasteiger partial charge in [0.05, 0.1) is 19.9 Å². The number of anilines is 1. The molecule has 0 aliphatic rings. The van der Waals surface area contributed by atoms with Crippen LogP contribution in [0.15, 0.2) is 54.7 Å². The molecule has 1 aromatic heterocycles. The van der Waals surface area contributed by atoms with E-state index in [-0.39, 0.29) is 0 Å². The Morgan fingerprint density at radius 2 is 2.00 bits per heavy atom. The van der Waals surface area contributed by atoms with Gasteiger partial charge in [-0.25, -0.2) is 4.68 Å². The first-order valence-electron chi connectivity index (χ1n) is 6.64. The fourth-order valence-corrected chi connectivity index (χ4v) is 2.21. The third kappa shape index (κ3) is 2.86. The molecule has 5 heteroatoms. The van der Waals surface area contributed by atoms with Crippen LogP contribution in [0.25, 0.3) is 11.3 Å². The fourth-order valence-electron chi connectivity index (χ4n) is 2.21. The quantitative estimate of drug-likeness (QED) is 0.746. The molecular weight excluding hydrogens is 264 g/mol. The molecule has 0 unspecified atom stereocenters. The summed E-state index contributed by atoms with van der Waals surface area (Å²) in [7, 11) is 1.67. The molecule has 2 aromatic carbocycles. The van der Waals surface area contributed by atoms with Crippen LogP contribution in [0.5, 0.6) is 5.75 Å². The lowest BCUT2D eigenvalue weighted by Gasteiger charge is -2.07. The Morgan fingerprint density at radius 3 is 2.81 bits per heavy atom. The number of para-hydroxylation sites is 1. The average Bonchev–Trinajstić information content (AvgIpc) is 2.96. The molecule has 0 spiro atoms. The molecule has 21 heavy (non-hydrogen) atoms. The van der Waals surface area contributed by atoms with E-state index in [0.717, 1.165) is 22.6 Å². The standard InChI is InChI=1S/C16H16N4O/c1-21-16-8-3-2-5-13(16)10-20-11-15(18-19-20)12-6-4-7-14(17)9-12/h2-9,11H,10,17H2,1H3. The lowest BCUT2D eigenvalue weighted by Crippen LogP contribution is -2.02. The fraction of sp³-hybridized carbons (Fsp3) is 0.125. The number of hydrogen-bond donors (Lipinski definition) is 1. The van der Waals surface area contributed by atoms with Crippen LogP contribution in [0.1, 0.15) is 5.56 Å². The summed E-state index contributed by atoms with van der Waals surface area (Å²) in [6.07, 6.45) is 1.90. The molecule has 106 valence electrons. The van der Waals surface area contributed by atoms with Gasteiger partial charge in [-0.15, -0.1) is 5.10 Å². The molecule has 0 amide bonds. The number of nitrogens with zero attached hydrogens (tertiary/aromatic N) is 3. The van der Waals surface area contributed by atoms with Gasteiger partial charge in [0, 0.05) is 16.8 Å². The van der Waals surface area contributed by atoms with Crippen molar-refractivity contribution in [1.29, 1.82) is 0 Å². The Balaban J connectivity index is 1.85. The number of ether oxygens (including phenoxy) is 1. The Hall–Kier alpha value is -2.82. The van der Waals surface area contributed by atoms with Crippen molar-refractivity contribution < 1.29 is 4.74 Å². The molecule has 0 bridgehead atoms. The summed E-state index contributed by atoms with van der Waals surface area (Å²) in [4.78, 5) is 0. The van der Waals surface area contributed by atoms with Crippen molar-refractivity contribution in [3.8, 4) is 17.0 Å². The highest BCUT2D eigenvalue weighted by atomic mass is 16.5. The number of nitrogens with two attached hydrogens (primary N) is 1. The zero-order valence-electron chi connectivity index (χ0n) is 11.7. The molecule has 0 fully saturated rings.